The van der Waals surface area contributed by atoms with Crippen LogP contribution >= 0.6 is 11.3 Å². The molecule has 0 aliphatic heterocycles. The Bertz CT molecular complexity index is 1350. The van der Waals surface area contributed by atoms with Crippen LogP contribution in [0, 0.1) is 13.8 Å². The molecule has 5 aromatic rings. The highest BCUT2D eigenvalue weighted by molar-refractivity contribution is 7.25. The number of benzene rings is 1. The Kier molecular flexibility index (Phi) is 4.63. The molecule has 4 aromatic heterocycles. The number of rotatable bonds is 5. The van der Waals surface area contributed by atoms with Crippen LogP contribution in [0.3, 0.4) is 0 Å². The monoisotopic (exact) mass is 415 g/mol. The summed E-state index contributed by atoms with van der Waals surface area (Å²) in [5.41, 5.74) is 6.47. The number of fused-ring (bicyclic) bond motifs is 3. The van der Waals surface area contributed by atoms with Crippen LogP contribution in [0.1, 0.15) is 23.7 Å². The largest absolute Gasteiger partial charge is 0.365 e. The molecule has 150 valence electrons. The Morgan fingerprint density at radius 3 is 2.67 bits per heavy atom. The van der Waals surface area contributed by atoms with Crippen molar-refractivity contribution < 1.29 is 0 Å². The van der Waals surface area contributed by atoms with Crippen LogP contribution in [-0.2, 0) is 13.1 Å². The average Bonchev–Trinajstić information content (AvgIpc) is 3.40. The third kappa shape index (κ3) is 3.09. The maximum Gasteiger partial charge on any atom is 0.149 e. The average molecular weight is 416 g/mol. The fourth-order valence-corrected chi connectivity index (χ4v) is 4.72. The van der Waals surface area contributed by atoms with Crippen LogP contribution in [0.5, 0.6) is 0 Å². The molecule has 0 aliphatic carbocycles. The van der Waals surface area contributed by atoms with Crippen molar-refractivity contribution in [1.82, 2.24) is 29.9 Å². The molecule has 8 heteroatoms. The van der Waals surface area contributed by atoms with Crippen LogP contribution in [0.25, 0.3) is 31.7 Å². The van der Waals surface area contributed by atoms with Gasteiger partial charge in [-0.3, -0.25) is 4.68 Å². The van der Waals surface area contributed by atoms with Crippen molar-refractivity contribution in [3.05, 3.63) is 59.7 Å². The van der Waals surface area contributed by atoms with Crippen LogP contribution < -0.4 is 5.32 Å². The van der Waals surface area contributed by atoms with Gasteiger partial charge in [-0.1, -0.05) is 24.3 Å². The van der Waals surface area contributed by atoms with Crippen molar-refractivity contribution in [3.8, 4) is 11.3 Å². The number of hydrogen-bond donors (Lipinski definition) is 1. The van der Waals surface area contributed by atoms with Crippen molar-refractivity contribution in [3.63, 3.8) is 0 Å². The highest BCUT2D eigenvalue weighted by Crippen LogP contribution is 2.36. The van der Waals surface area contributed by atoms with Gasteiger partial charge in [0.2, 0.25) is 0 Å². The van der Waals surface area contributed by atoms with Crippen molar-refractivity contribution >= 4 is 37.6 Å². The first kappa shape index (κ1) is 18.6. The molecule has 1 N–H and O–H groups in total. The number of aromatic nitrogens is 6. The zero-order valence-corrected chi connectivity index (χ0v) is 17.9. The van der Waals surface area contributed by atoms with E-state index in [-0.39, 0.29) is 0 Å². The summed E-state index contributed by atoms with van der Waals surface area (Å²) in [4.78, 5) is 9.90. The van der Waals surface area contributed by atoms with E-state index in [1.165, 1.54) is 5.56 Å². The summed E-state index contributed by atoms with van der Waals surface area (Å²) in [6, 6.07) is 10.6. The van der Waals surface area contributed by atoms with E-state index in [9.17, 15) is 0 Å². The van der Waals surface area contributed by atoms with Crippen molar-refractivity contribution in [2.24, 2.45) is 0 Å². The Morgan fingerprint density at radius 1 is 1.03 bits per heavy atom. The Morgan fingerprint density at radius 2 is 1.87 bits per heavy atom. The predicted molar refractivity (Wildman–Crippen MR) is 121 cm³/mol. The quantitative estimate of drug-likeness (QED) is 0.446. The lowest BCUT2D eigenvalue weighted by Gasteiger charge is -2.08. The second-order valence-electron chi connectivity index (χ2n) is 7.18. The van der Waals surface area contributed by atoms with Crippen LogP contribution in [-0.4, -0.2) is 29.9 Å². The molecule has 0 amide bonds. The minimum Gasteiger partial charge on any atom is -0.365 e. The van der Waals surface area contributed by atoms with E-state index in [2.05, 4.69) is 68.7 Å². The van der Waals surface area contributed by atoms with E-state index in [0.29, 0.717) is 6.54 Å². The van der Waals surface area contributed by atoms with Gasteiger partial charge in [0.05, 0.1) is 21.6 Å². The van der Waals surface area contributed by atoms with E-state index >= 15 is 0 Å². The fourth-order valence-electron chi connectivity index (χ4n) is 3.62. The standard InChI is InChI=1S/C22H21N7S/c1-4-29-17(9-10-26-29)16-7-5-15(6-8-16)11-23-21-20-19(24-12-25-21)18-13(2)14(3)27-28-22(18)30-20/h5-10,12H,4,11H2,1-3H3,(H,23,24,25). The molecule has 0 fully saturated rings. The molecule has 0 spiro atoms. The normalized spacial score (nSPS) is 11.4. The third-order valence-corrected chi connectivity index (χ3v) is 6.46. The smallest absolute Gasteiger partial charge is 0.149 e. The van der Waals surface area contributed by atoms with E-state index in [0.717, 1.165) is 55.3 Å². The summed E-state index contributed by atoms with van der Waals surface area (Å²) in [5.74, 6) is 0.827. The van der Waals surface area contributed by atoms with Crippen molar-refractivity contribution in [2.45, 2.75) is 33.9 Å². The Labute approximate surface area is 177 Å². The predicted octanol–water partition coefficient (Wildman–Crippen LogP) is 4.75. The number of nitrogens with one attached hydrogen (secondary N) is 1. The van der Waals surface area contributed by atoms with Gasteiger partial charge in [0.1, 0.15) is 17.0 Å². The SMILES string of the molecule is CCn1nccc1-c1ccc(CNc2ncnc3c2sc2nnc(C)c(C)c23)cc1. The molecule has 0 saturated carbocycles. The maximum absolute atomic E-state index is 4.53. The Balaban J connectivity index is 1.42. The molecule has 30 heavy (non-hydrogen) atoms. The van der Waals surface area contributed by atoms with E-state index in [1.807, 2.05) is 23.9 Å². The molecule has 1 aromatic carbocycles. The van der Waals surface area contributed by atoms with Crippen molar-refractivity contribution in [1.29, 1.82) is 0 Å². The minimum absolute atomic E-state index is 0.678. The maximum atomic E-state index is 4.53. The molecule has 0 bridgehead atoms. The first-order valence-electron chi connectivity index (χ1n) is 9.87. The molecule has 0 saturated heterocycles. The van der Waals surface area contributed by atoms with Crippen molar-refractivity contribution in [2.75, 3.05) is 5.32 Å². The van der Waals surface area contributed by atoms with Gasteiger partial charge in [-0.05, 0) is 43.5 Å². The first-order valence-corrected chi connectivity index (χ1v) is 10.7. The van der Waals surface area contributed by atoms with Gasteiger partial charge in [-0.2, -0.15) is 10.2 Å². The molecule has 5 rings (SSSR count). The lowest BCUT2D eigenvalue weighted by atomic mass is 10.1. The third-order valence-electron chi connectivity index (χ3n) is 5.39. The van der Waals surface area contributed by atoms with Gasteiger partial charge in [0.15, 0.2) is 0 Å². The highest BCUT2D eigenvalue weighted by Gasteiger charge is 2.15. The number of aryl methyl sites for hydroxylation is 3. The van der Waals surface area contributed by atoms with Gasteiger partial charge in [0.25, 0.3) is 0 Å². The molecule has 0 atom stereocenters. The summed E-state index contributed by atoms with van der Waals surface area (Å²) in [7, 11) is 0. The minimum atomic E-state index is 0.678. The number of hydrogen-bond acceptors (Lipinski definition) is 7. The fraction of sp³-hybridized carbons (Fsp3) is 0.227. The van der Waals surface area contributed by atoms with E-state index in [4.69, 9.17) is 0 Å². The van der Waals surface area contributed by atoms with Crippen LogP contribution in [0.2, 0.25) is 0 Å². The molecule has 0 radical (unpaired) electrons. The highest BCUT2D eigenvalue weighted by atomic mass is 32.1. The molecular formula is C22H21N7S. The molecular weight excluding hydrogens is 394 g/mol. The summed E-state index contributed by atoms with van der Waals surface area (Å²) in [5, 5.41) is 17.5. The zero-order chi connectivity index (χ0) is 20.7. The van der Waals surface area contributed by atoms with Gasteiger partial charge in [-0.25, -0.2) is 9.97 Å². The summed E-state index contributed by atoms with van der Waals surface area (Å²) in [6.45, 7) is 7.67. The lowest BCUT2D eigenvalue weighted by Crippen LogP contribution is -2.02. The molecule has 7 nitrogen and oxygen atoms in total. The van der Waals surface area contributed by atoms with Crippen LogP contribution in [0.15, 0.2) is 42.9 Å². The van der Waals surface area contributed by atoms with Gasteiger partial charge >= 0.3 is 0 Å². The second kappa shape index (κ2) is 7.46. The second-order valence-corrected chi connectivity index (χ2v) is 8.17. The molecule has 0 aliphatic rings. The van der Waals surface area contributed by atoms with E-state index in [1.54, 1.807) is 17.7 Å². The number of anilines is 1. The summed E-state index contributed by atoms with van der Waals surface area (Å²) < 4.78 is 3.01. The topological polar surface area (TPSA) is 81.4 Å². The van der Waals surface area contributed by atoms with Crippen LogP contribution in [0.4, 0.5) is 5.82 Å². The zero-order valence-electron chi connectivity index (χ0n) is 17.0. The van der Waals surface area contributed by atoms with Gasteiger partial charge in [0, 0.05) is 24.7 Å². The van der Waals surface area contributed by atoms with Gasteiger partial charge in [-0.15, -0.1) is 16.4 Å². The molecule has 0 unspecified atom stereocenters. The number of thiophene rings is 1. The first-order chi connectivity index (χ1) is 14.7. The Hall–Kier alpha value is -3.39. The van der Waals surface area contributed by atoms with Gasteiger partial charge < -0.3 is 5.32 Å². The summed E-state index contributed by atoms with van der Waals surface area (Å²) >= 11 is 1.58. The van der Waals surface area contributed by atoms with E-state index < -0.39 is 0 Å². The lowest BCUT2D eigenvalue weighted by molar-refractivity contribution is 0.667. The summed E-state index contributed by atoms with van der Waals surface area (Å²) in [6.07, 6.45) is 3.45. The number of nitrogens with zero attached hydrogens (tertiary/aromatic N) is 6. The molecule has 4 heterocycles.